The molecule has 88 valence electrons. The predicted molar refractivity (Wildman–Crippen MR) is 62.5 cm³/mol. The van der Waals surface area contributed by atoms with Gasteiger partial charge >= 0.3 is 5.69 Å². The van der Waals surface area contributed by atoms with Crippen LogP contribution < -0.4 is 5.32 Å². The van der Waals surface area contributed by atoms with Crippen molar-refractivity contribution in [2.24, 2.45) is 0 Å². The molecule has 0 amide bonds. The van der Waals surface area contributed by atoms with Crippen LogP contribution in [0.25, 0.3) is 0 Å². The summed E-state index contributed by atoms with van der Waals surface area (Å²) in [5, 5.41) is 13.8. The van der Waals surface area contributed by atoms with Crippen LogP contribution in [0.2, 0.25) is 0 Å². The molecule has 0 radical (unpaired) electrons. The number of hydrogen-bond acceptors (Lipinski definition) is 5. The van der Waals surface area contributed by atoms with Crippen LogP contribution in [0.4, 0.5) is 11.4 Å². The Kier molecular flexibility index (Phi) is 4.19. The molecule has 0 saturated heterocycles. The summed E-state index contributed by atoms with van der Waals surface area (Å²) in [6.07, 6.45) is 2.79. The Balaban J connectivity index is 2.70. The van der Waals surface area contributed by atoms with Gasteiger partial charge in [0.25, 0.3) is 0 Å². The van der Waals surface area contributed by atoms with Gasteiger partial charge in [0, 0.05) is 18.8 Å². The fourth-order valence-electron chi connectivity index (χ4n) is 1.12. The summed E-state index contributed by atoms with van der Waals surface area (Å²) >= 11 is 0. The number of aromatic nitrogens is 1. The molecule has 0 aliphatic carbocycles. The third-order valence-electron chi connectivity index (χ3n) is 2.47. The van der Waals surface area contributed by atoms with Crippen molar-refractivity contribution in [1.29, 1.82) is 0 Å². The third-order valence-corrected chi connectivity index (χ3v) is 2.47. The summed E-state index contributed by atoms with van der Waals surface area (Å²) in [6, 6.07) is 1.91. The molecule has 16 heavy (non-hydrogen) atoms. The molecule has 0 bridgehead atoms. The minimum Gasteiger partial charge on any atom is -0.378 e. The lowest BCUT2D eigenvalue weighted by Crippen LogP contribution is -2.31. The first kappa shape index (κ1) is 12.4. The van der Waals surface area contributed by atoms with E-state index in [1.54, 1.807) is 6.07 Å². The van der Waals surface area contributed by atoms with Crippen molar-refractivity contribution in [2.75, 3.05) is 26.0 Å². The van der Waals surface area contributed by atoms with Crippen LogP contribution in [0.1, 0.15) is 6.92 Å². The Morgan fingerprint density at radius 2 is 2.31 bits per heavy atom. The van der Waals surface area contributed by atoms with Gasteiger partial charge in [-0.25, -0.2) is 0 Å². The Labute approximate surface area is 94.4 Å². The van der Waals surface area contributed by atoms with Crippen LogP contribution in [-0.2, 0) is 0 Å². The average Bonchev–Trinajstić information content (AvgIpc) is 2.25. The lowest BCUT2D eigenvalue weighted by molar-refractivity contribution is -0.384. The zero-order valence-electron chi connectivity index (χ0n) is 9.67. The van der Waals surface area contributed by atoms with E-state index in [-0.39, 0.29) is 5.69 Å². The summed E-state index contributed by atoms with van der Waals surface area (Å²) in [4.78, 5) is 16.1. The molecular formula is C10H16N4O2. The lowest BCUT2D eigenvalue weighted by Gasteiger charge is -2.20. The van der Waals surface area contributed by atoms with Gasteiger partial charge in [0.15, 0.2) is 0 Å². The molecule has 0 saturated carbocycles. The summed E-state index contributed by atoms with van der Waals surface area (Å²) in [5.74, 6) is 0. The molecule has 1 unspecified atom stereocenters. The van der Waals surface area contributed by atoms with Crippen molar-refractivity contribution in [3.63, 3.8) is 0 Å². The second-order valence-corrected chi connectivity index (χ2v) is 3.84. The normalized spacial score (nSPS) is 12.5. The number of anilines is 1. The number of likely N-dealkylation sites (N-methyl/N-ethyl adjacent to an activating group) is 1. The maximum absolute atomic E-state index is 10.7. The van der Waals surface area contributed by atoms with Gasteiger partial charge in [0.05, 0.1) is 4.92 Å². The first-order chi connectivity index (χ1) is 7.52. The van der Waals surface area contributed by atoms with Gasteiger partial charge in [-0.3, -0.25) is 15.1 Å². The summed E-state index contributed by atoms with van der Waals surface area (Å²) < 4.78 is 0. The Hall–Kier alpha value is -1.69. The maximum atomic E-state index is 10.7. The van der Waals surface area contributed by atoms with Gasteiger partial charge in [-0.1, -0.05) is 0 Å². The minimum atomic E-state index is -0.435. The highest BCUT2D eigenvalue weighted by Crippen LogP contribution is 2.21. The molecule has 1 heterocycles. The zero-order valence-corrected chi connectivity index (χ0v) is 9.67. The number of hydrogen-bond donors (Lipinski definition) is 1. The topological polar surface area (TPSA) is 71.3 Å². The molecule has 6 heteroatoms. The SMILES string of the molecule is CC(CNc1ccncc1[N+](=O)[O-])N(C)C. The van der Waals surface area contributed by atoms with Gasteiger partial charge in [0.2, 0.25) is 0 Å². The Morgan fingerprint density at radius 3 is 2.88 bits per heavy atom. The van der Waals surface area contributed by atoms with Gasteiger partial charge in [-0.05, 0) is 27.1 Å². The van der Waals surface area contributed by atoms with E-state index in [1.807, 2.05) is 25.9 Å². The van der Waals surface area contributed by atoms with Crippen LogP contribution in [-0.4, -0.2) is 41.5 Å². The van der Waals surface area contributed by atoms with E-state index in [2.05, 4.69) is 10.3 Å². The van der Waals surface area contributed by atoms with E-state index in [0.29, 0.717) is 18.3 Å². The van der Waals surface area contributed by atoms with Crippen LogP contribution in [0, 0.1) is 10.1 Å². The number of pyridine rings is 1. The fourth-order valence-corrected chi connectivity index (χ4v) is 1.12. The molecule has 0 fully saturated rings. The molecule has 1 N–H and O–H groups in total. The molecule has 0 aromatic carbocycles. The van der Waals surface area contributed by atoms with Gasteiger partial charge in [-0.15, -0.1) is 0 Å². The van der Waals surface area contributed by atoms with Gasteiger partial charge < -0.3 is 10.2 Å². The lowest BCUT2D eigenvalue weighted by atomic mass is 10.3. The van der Waals surface area contributed by atoms with E-state index in [9.17, 15) is 10.1 Å². The maximum Gasteiger partial charge on any atom is 0.310 e. The van der Waals surface area contributed by atoms with E-state index < -0.39 is 4.92 Å². The van der Waals surface area contributed by atoms with E-state index in [4.69, 9.17) is 0 Å². The number of rotatable bonds is 5. The van der Waals surface area contributed by atoms with Crippen LogP contribution in [0.15, 0.2) is 18.5 Å². The highest BCUT2D eigenvalue weighted by molar-refractivity contribution is 5.59. The predicted octanol–water partition coefficient (Wildman–Crippen LogP) is 1.35. The van der Waals surface area contributed by atoms with E-state index in [1.165, 1.54) is 12.4 Å². The molecular weight excluding hydrogens is 208 g/mol. The van der Waals surface area contributed by atoms with Gasteiger partial charge in [0.1, 0.15) is 11.9 Å². The van der Waals surface area contributed by atoms with Crippen molar-refractivity contribution in [3.05, 3.63) is 28.6 Å². The summed E-state index contributed by atoms with van der Waals surface area (Å²) in [5.41, 5.74) is 0.516. The molecule has 1 aromatic heterocycles. The molecule has 6 nitrogen and oxygen atoms in total. The minimum absolute atomic E-state index is 0.00783. The summed E-state index contributed by atoms with van der Waals surface area (Å²) in [7, 11) is 3.93. The van der Waals surface area contributed by atoms with E-state index in [0.717, 1.165) is 0 Å². The molecule has 1 aromatic rings. The number of nitrogens with one attached hydrogen (secondary N) is 1. The zero-order chi connectivity index (χ0) is 12.1. The fraction of sp³-hybridized carbons (Fsp3) is 0.500. The van der Waals surface area contributed by atoms with Crippen molar-refractivity contribution in [1.82, 2.24) is 9.88 Å². The first-order valence-corrected chi connectivity index (χ1v) is 5.01. The molecule has 1 rings (SSSR count). The first-order valence-electron chi connectivity index (χ1n) is 5.01. The molecule has 0 aliphatic rings. The van der Waals surface area contributed by atoms with Crippen molar-refractivity contribution in [2.45, 2.75) is 13.0 Å². The molecule has 0 aliphatic heterocycles. The highest BCUT2D eigenvalue weighted by Gasteiger charge is 2.13. The summed E-state index contributed by atoms with van der Waals surface area (Å²) in [6.45, 7) is 2.69. The highest BCUT2D eigenvalue weighted by atomic mass is 16.6. The van der Waals surface area contributed by atoms with Crippen molar-refractivity contribution in [3.8, 4) is 0 Å². The second-order valence-electron chi connectivity index (χ2n) is 3.84. The standard InChI is InChI=1S/C10H16N4O2/c1-8(13(2)3)6-12-9-4-5-11-7-10(9)14(15)16/h4-5,7-8H,6H2,1-3H3,(H,11,12). The molecule has 1 atom stereocenters. The monoisotopic (exact) mass is 224 g/mol. The quantitative estimate of drug-likeness (QED) is 0.604. The van der Waals surface area contributed by atoms with Crippen LogP contribution in [0.5, 0.6) is 0 Å². The Bertz CT molecular complexity index is 368. The van der Waals surface area contributed by atoms with Crippen molar-refractivity contribution >= 4 is 11.4 Å². The largest absolute Gasteiger partial charge is 0.378 e. The van der Waals surface area contributed by atoms with Crippen LogP contribution in [0.3, 0.4) is 0 Å². The van der Waals surface area contributed by atoms with Crippen molar-refractivity contribution < 1.29 is 4.92 Å². The number of nitrogens with zero attached hydrogens (tertiary/aromatic N) is 3. The second kappa shape index (κ2) is 5.41. The number of nitro groups is 1. The Morgan fingerprint density at radius 1 is 1.62 bits per heavy atom. The average molecular weight is 224 g/mol. The van der Waals surface area contributed by atoms with Crippen LogP contribution >= 0.6 is 0 Å². The smallest absolute Gasteiger partial charge is 0.310 e. The third kappa shape index (κ3) is 3.16. The van der Waals surface area contributed by atoms with E-state index >= 15 is 0 Å². The van der Waals surface area contributed by atoms with Gasteiger partial charge in [-0.2, -0.15) is 0 Å². The molecule has 0 spiro atoms.